The fraction of sp³-hybridized carbons (Fsp3) is 0.533. The quantitative estimate of drug-likeness (QED) is 0.707. The number of rotatable bonds is 1. The number of allylic oxidation sites excluding steroid dienone is 5. The van der Waals surface area contributed by atoms with Crippen LogP contribution in [-0.4, -0.2) is 17.5 Å². The molecule has 0 bridgehead atoms. The first kappa shape index (κ1) is 13.9. The first-order chi connectivity index (χ1) is 7.94. The first-order valence-electron chi connectivity index (χ1n) is 6.14. The van der Waals surface area contributed by atoms with Crippen LogP contribution >= 0.6 is 0 Å². The molecule has 0 unspecified atom stereocenters. The molecule has 0 aromatic heterocycles. The highest BCUT2D eigenvalue weighted by Crippen LogP contribution is 2.25. The number of hydrogen-bond donors (Lipinski definition) is 1. The molecule has 0 saturated carbocycles. The average molecular weight is 234 g/mol. The molecule has 2 heteroatoms. The van der Waals surface area contributed by atoms with Gasteiger partial charge in [-0.05, 0) is 37.7 Å². The van der Waals surface area contributed by atoms with E-state index in [9.17, 15) is 4.79 Å². The smallest absolute Gasteiger partial charge is 0.183 e. The van der Waals surface area contributed by atoms with Gasteiger partial charge < -0.3 is 5.11 Å². The van der Waals surface area contributed by atoms with Crippen molar-refractivity contribution in [3.63, 3.8) is 0 Å². The van der Waals surface area contributed by atoms with Gasteiger partial charge in [-0.15, -0.1) is 0 Å². The number of hydrogen-bond acceptors (Lipinski definition) is 2. The Hall–Kier alpha value is -1.15. The highest BCUT2D eigenvalue weighted by atomic mass is 16.3. The number of aliphatic hydroxyl groups excluding tert-OH is 1. The van der Waals surface area contributed by atoms with Crippen molar-refractivity contribution in [1.82, 2.24) is 0 Å². The summed E-state index contributed by atoms with van der Waals surface area (Å²) in [6.45, 7) is 6.17. The van der Waals surface area contributed by atoms with Crippen LogP contribution < -0.4 is 0 Å². The minimum atomic E-state index is -0.174. The lowest BCUT2D eigenvalue weighted by molar-refractivity contribution is -0.111. The van der Waals surface area contributed by atoms with Crippen molar-refractivity contribution in [3.8, 4) is 0 Å². The maximum Gasteiger partial charge on any atom is 0.183 e. The normalized spacial score (nSPS) is 29.5. The molecule has 0 radical (unpaired) electrons. The van der Waals surface area contributed by atoms with Crippen molar-refractivity contribution < 1.29 is 9.90 Å². The molecular weight excluding hydrogens is 212 g/mol. The van der Waals surface area contributed by atoms with E-state index in [4.69, 9.17) is 5.11 Å². The Bertz CT molecular complexity index is 370. The maximum atomic E-state index is 11.8. The zero-order chi connectivity index (χ0) is 12.9. The van der Waals surface area contributed by atoms with Crippen LogP contribution in [0.3, 0.4) is 0 Å². The number of carbonyl (C=O) groups is 1. The molecule has 0 amide bonds. The zero-order valence-electron chi connectivity index (χ0n) is 11.0. The second kappa shape index (κ2) is 5.97. The van der Waals surface area contributed by atoms with Gasteiger partial charge in [0, 0.05) is 5.57 Å². The molecule has 2 nitrogen and oxygen atoms in total. The van der Waals surface area contributed by atoms with Gasteiger partial charge in [0.1, 0.15) is 0 Å². The van der Waals surface area contributed by atoms with Gasteiger partial charge in [0.05, 0.1) is 6.61 Å². The largest absolute Gasteiger partial charge is 0.392 e. The molecule has 1 N–H and O–H groups in total. The molecule has 0 fully saturated rings. The Morgan fingerprint density at radius 3 is 2.71 bits per heavy atom. The Morgan fingerprint density at radius 2 is 2.06 bits per heavy atom. The lowest BCUT2D eigenvalue weighted by Crippen LogP contribution is -2.08. The van der Waals surface area contributed by atoms with E-state index in [1.807, 2.05) is 12.2 Å². The first-order valence-corrected chi connectivity index (χ1v) is 6.14. The van der Waals surface area contributed by atoms with Crippen LogP contribution in [0.5, 0.6) is 0 Å². The van der Waals surface area contributed by atoms with Crippen LogP contribution in [-0.2, 0) is 4.79 Å². The number of carbonyl (C=O) groups excluding carboxylic acids is 1. The highest BCUT2D eigenvalue weighted by Gasteiger charge is 2.14. The summed E-state index contributed by atoms with van der Waals surface area (Å²) in [7, 11) is 0. The average Bonchev–Trinajstić information content (AvgIpc) is 2.30. The van der Waals surface area contributed by atoms with Crippen LogP contribution in [0.25, 0.3) is 0 Å². The third-order valence-corrected chi connectivity index (χ3v) is 3.08. The van der Waals surface area contributed by atoms with Crippen LogP contribution in [0.15, 0.2) is 35.5 Å². The van der Waals surface area contributed by atoms with E-state index in [1.165, 1.54) is 5.57 Å². The lowest BCUT2D eigenvalue weighted by Gasteiger charge is -2.18. The van der Waals surface area contributed by atoms with Gasteiger partial charge in [0.2, 0.25) is 0 Å². The van der Waals surface area contributed by atoms with Gasteiger partial charge in [-0.2, -0.15) is 0 Å². The number of aliphatic hydroxyl groups is 1. The molecule has 1 aliphatic carbocycles. The van der Waals surface area contributed by atoms with Gasteiger partial charge in [-0.25, -0.2) is 0 Å². The summed E-state index contributed by atoms with van der Waals surface area (Å²) in [6.07, 6.45) is 10.3. The van der Waals surface area contributed by atoms with Gasteiger partial charge in [0.15, 0.2) is 5.78 Å². The van der Waals surface area contributed by atoms with Gasteiger partial charge in [-0.3, -0.25) is 4.79 Å². The fourth-order valence-corrected chi connectivity index (χ4v) is 1.73. The Balaban J connectivity index is 2.98. The summed E-state index contributed by atoms with van der Waals surface area (Å²) in [5.74, 6) is -0.0693. The van der Waals surface area contributed by atoms with Crippen LogP contribution in [0, 0.1) is 5.41 Å². The summed E-state index contributed by atoms with van der Waals surface area (Å²) in [4.78, 5) is 11.8. The Labute approximate surface area is 104 Å². The van der Waals surface area contributed by atoms with E-state index in [2.05, 4.69) is 26.8 Å². The third-order valence-electron chi connectivity index (χ3n) is 3.08. The van der Waals surface area contributed by atoms with Crippen LogP contribution in [0.1, 0.15) is 40.0 Å². The second-order valence-electron chi connectivity index (χ2n) is 5.37. The Kier molecular flexibility index (Phi) is 4.88. The van der Waals surface area contributed by atoms with Gasteiger partial charge in [0.25, 0.3) is 0 Å². The highest BCUT2D eigenvalue weighted by molar-refractivity contribution is 6.04. The zero-order valence-corrected chi connectivity index (χ0v) is 11.0. The van der Waals surface area contributed by atoms with Crippen molar-refractivity contribution in [2.45, 2.75) is 40.0 Å². The molecule has 0 aromatic carbocycles. The molecule has 0 aromatic rings. The van der Waals surface area contributed by atoms with E-state index < -0.39 is 0 Å². The molecule has 0 heterocycles. The monoisotopic (exact) mass is 234 g/mol. The maximum absolute atomic E-state index is 11.8. The molecular formula is C15H22O2. The Morgan fingerprint density at radius 1 is 1.35 bits per heavy atom. The molecule has 1 aliphatic rings. The predicted molar refractivity (Wildman–Crippen MR) is 70.7 cm³/mol. The molecule has 0 atom stereocenters. The minimum absolute atomic E-state index is 0.0121. The summed E-state index contributed by atoms with van der Waals surface area (Å²) >= 11 is 0. The molecule has 1 rings (SSSR count). The van der Waals surface area contributed by atoms with E-state index >= 15 is 0 Å². The third kappa shape index (κ3) is 4.70. The lowest BCUT2D eigenvalue weighted by atomic mass is 9.87. The predicted octanol–water partition coefficient (Wildman–Crippen LogP) is 3.19. The van der Waals surface area contributed by atoms with Crippen LogP contribution in [0.4, 0.5) is 0 Å². The van der Waals surface area contributed by atoms with Crippen molar-refractivity contribution in [2.24, 2.45) is 5.41 Å². The number of ketones is 1. The van der Waals surface area contributed by atoms with Gasteiger partial charge in [-0.1, -0.05) is 37.6 Å². The van der Waals surface area contributed by atoms with Crippen molar-refractivity contribution in [2.75, 3.05) is 6.61 Å². The molecule has 17 heavy (non-hydrogen) atoms. The molecule has 0 saturated heterocycles. The summed E-state index contributed by atoms with van der Waals surface area (Å²) in [5, 5.41) is 9.17. The second-order valence-corrected chi connectivity index (χ2v) is 5.37. The minimum Gasteiger partial charge on any atom is -0.392 e. The van der Waals surface area contributed by atoms with Crippen molar-refractivity contribution in [3.05, 3.63) is 35.5 Å². The molecule has 94 valence electrons. The summed E-state index contributed by atoms with van der Waals surface area (Å²) < 4.78 is 0. The van der Waals surface area contributed by atoms with Gasteiger partial charge >= 0.3 is 0 Å². The summed E-state index contributed by atoms with van der Waals surface area (Å²) in [6, 6.07) is 0. The fourth-order valence-electron chi connectivity index (χ4n) is 1.73. The summed E-state index contributed by atoms with van der Waals surface area (Å²) in [5.41, 5.74) is 1.84. The molecule has 0 aliphatic heterocycles. The molecule has 0 spiro atoms. The van der Waals surface area contributed by atoms with Crippen LogP contribution in [0.2, 0.25) is 0 Å². The standard InChI is InChI=1S/C15H22O2/c1-12-5-4-6-13(11-16)14(17)8-10-15(2,3)9-7-12/h6-8,10,16H,4-5,9,11H2,1-3H3/b10-8+,12-7+,13-6+. The van der Waals surface area contributed by atoms with E-state index in [0.717, 1.165) is 19.3 Å². The van der Waals surface area contributed by atoms with E-state index in [0.29, 0.717) is 5.57 Å². The van der Waals surface area contributed by atoms with E-state index in [1.54, 1.807) is 6.08 Å². The van der Waals surface area contributed by atoms with E-state index in [-0.39, 0.29) is 17.8 Å². The van der Waals surface area contributed by atoms with Crippen molar-refractivity contribution in [1.29, 1.82) is 0 Å². The topological polar surface area (TPSA) is 37.3 Å². The van der Waals surface area contributed by atoms with Crippen molar-refractivity contribution >= 4 is 5.78 Å². The SMILES string of the molecule is C/C1=C\CC(C)(C)/C=C/C(=O)/C(CO)=C/CC1.